The summed E-state index contributed by atoms with van der Waals surface area (Å²) in [7, 11) is 0. The lowest BCUT2D eigenvalue weighted by molar-refractivity contribution is 1.15. The van der Waals surface area contributed by atoms with Crippen LogP contribution in [0, 0.1) is 0 Å². The average molecular weight is 358 g/mol. The zero-order valence-electron chi connectivity index (χ0n) is 15.3. The van der Waals surface area contributed by atoms with Crippen LogP contribution in [0.5, 0.6) is 0 Å². The molecule has 4 aromatic carbocycles. The van der Waals surface area contributed by atoms with E-state index in [2.05, 4.69) is 118 Å². The summed E-state index contributed by atoms with van der Waals surface area (Å²) in [5.74, 6) is 0. The molecule has 2 heteroatoms. The topological polar surface area (TPSA) is 9.34 Å². The number of fused-ring (bicyclic) bond motifs is 5. The van der Waals surface area contributed by atoms with Gasteiger partial charge in [0.25, 0.3) is 0 Å². The van der Waals surface area contributed by atoms with Crippen LogP contribution in [0.25, 0.3) is 44.4 Å². The second kappa shape index (κ2) is 5.86. The Morgan fingerprint density at radius 2 is 1.14 bits per heavy atom. The van der Waals surface area contributed by atoms with Crippen molar-refractivity contribution in [3.8, 4) is 16.8 Å². The van der Waals surface area contributed by atoms with Crippen molar-refractivity contribution < 1.29 is 0 Å². The molecule has 6 aromatic rings. The Morgan fingerprint density at radius 1 is 0.464 bits per heavy atom. The zero-order chi connectivity index (χ0) is 18.5. The van der Waals surface area contributed by atoms with Gasteiger partial charge in [-0.05, 0) is 47.5 Å². The molecule has 0 bridgehead atoms. The standard InChI is InChI=1S/C26H18N2/c1-2-9-19(10-3-1)20-12-8-13-22(17-20)27-24-15-6-7-16-25(24)28-23-14-5-4-11-21(23)18-26(27)28/h1-18H. The first kappa shape index (κ1) is 15.3. The number of hydrogen-bond acceptors (Lipinski definition) is 0. The summed E-state index contributed by atoms with van der Waals surface area (Å²) in [4.78, 5) is 0. The predicted octanol–water partition coefficient (Wildman–Crippen LogP) is 6.70. The fraction of sp³-hybridized carbons (Fsp3) is 0. The van der Waals surface area contributed by atoms with Crippen LogP contribution in [0.4, 0.5) is 0 Å². The highest BCUT2D eigenvalue weighted by molar-refractivity contribution is 5.96. The molecule has 0 unspecified atom stereocenters. The van der Waals surface area contributed by atoms with Crippen LogP contribution < -0.4 is 0 Å². The molecule has 0 aliphatic rings. The maximum atomic E-state index is 2.36. The lowest BCUT2D eigenvalue weighted by Gasteiger charge is -2.09. The van der Waals surface area contributed by atoms with Gasteiger partial charge >= 0.3 is 0 Å². The number of para-hydroxylation sites is 3. The Hall–Kier alpha value is -3.78. The van der Waals surface area contributed by atoms with E-state index in [4.69, 9.17) is 0 Å². The van der Waals surface area contributed by atoms with E-state index in [1.54, 1.807) is 0 Å². The van der Waals surface area contributed by atoms with Gasteiger partial charge in [-0.25, -0.2) is 0 Å². The first-order valence-corrected chi connectivity index (χ1v) is 9.56. The SMILES string of the molecule is c1ccc(-c2cccc(-n3c4ccccc4n4c5ccccc5cc34)c2)cc1. The molecule has 0 radical (unpaired) electrons. The van der Waals surface area contributed by atoms with Gasteiger partial charge in [0.05, 0.1) is 16.6 Å². The van der Waals surface area contributed by atoms with E-state index in [9.17, 15) is 0 Å². The van der Waals surface area contributed by atoms with Crippen LogP contribution in [0.1, 0.15) is 0 Å². The molecule has 0 aliphatic carbocycles. The second-order valence-electron chi connectivity index (χ2n) is 7.14. The first-order chi connectivity index (χ1) is 13.9. The summed E-state index contributed by atoms with van der Waals surface area (Å²) in [6, 6.07) is 38.8. The minimum absolute atomic E-state index is 1.18. The second-order valence-corrected chi connectivity index (χ2v) is 7.14. The lowest BCUT2D eigenvalue weighted by atomic mass is 10.1. The largest absolute Gasteiger partial charge is 0.294 e. The van der Waals surface area contributed by atoms with Crippen LogP contribution in [0.2, 0.25) is 0 Å². The number of rotatable bonds is 2. The Labute approximate surface area is 162 Å². The highest BCUT2D eigenvalue weighted by Crippen LogP contribution is 2.32. The molecule has 2 nitrogen and oxygen atoms in total. The summed E-state index contributed by atoms with van der Waals surface area (Å²) in [5.41, 5.74) is 8.51. The van der Waals surface area contributed by atoms with Gasteiger partial charge in [-0.15, -0.1) is 0 Å². The van der Waals surface area contributed by atoms with Crippen LogP contribution in [0.15, 0.2) is 109 Å². The Kier molecular flexibility index (Phi) is 3.20. The minimum atomic E-state index is 1.18. The van der Waals surface area contributed by atoms with Crippen molar-refractivity contribution in [2.45, 2.75) is 0 Å². The molecular formula is C26H18N2. The zero-order valence-corrected chi connectivity index (χ0v) is 15.3. The molecule has 0 saturated heterocycles. The normalized spacial score (nSPS) is 11.6. The van der Waals surface area contributed by atoms with Crippen molar-refractivity contribution in [3.63, 3.8) is 0 Å². The third kappa shape index (κ3) is 2.15. The van der Waals surface area contributed by atoms with Crippen molar-refractivity contribution in [2.75, 3.05) is 0 Å². The summed E-state index contributed by atoms with van der Waals surface area (Å²) < 4.78 is 4.72. The van der Waals surface area contributed by atoms with Gasteiger partial charge in [-0.1, -0.05) is 72.8 Å². The number of aromatic nitrogens is 2. The molecule has 0 amide bonds. The molecule has 0 atom stereocenters. The van der Waals surface area contributed by atoms with E-state index in [1.807, 2.05) is 0 Å². The van der Waals surface area contributed by atoms with Crippen molar-refractivity contribution in [3.05, 3.63) is 109 Å². The van der Waals surface area contributed by atoms with E-state index in [0.717, 1.165) is 0 Å². The van der Waals surface area contributed by atoms with Crippen molar-refractivity contribution in [2.24, 2.45) is 0 Å². The molecule has 0 spiro atoms. The molecule has 0 fully saturated rings. The van der Waals surface area contributed by atoms with Crippen LogP contribution in [-0.4, -0.2) is 8.97 Å². The van der Waals surface area contributed by atoms with Gasteiger partial charge in [0.1, 0.15) is 5.65 Å². The third-order valence-corrected chi connectivity index (χ3v) is 5.50. The van der Waals surface area contributed by atoms with E-state index in [1.165, 1.54) is 44.4 Å². The van der Waals surface area contributed by atoms with Gasteiger partial charge in [-0.2, -0.15) is 0 Å². The molecule has 0 saturated carbocycles. The number of hydrogen-bond donors (Lipinski definition) is 0. The minimum Gasteiger partial charge on any atom is -0.294 e. The van der Waals surface area contributed by atoms with Gasteiger partial charge < -0.3 is 0 Å². The Balaban J connectivity index is 1.70. The molecule has 0 N–H and O–H groups in total. The lowest BCUT2D eigenvalue weighted by Crippen LogP contribution is -1.94. The molecular weight excluding hydrogens is 340 g/mol. The van der Waals surface area contributed by atoms with Gasteiger partial charge in [0.15, 0.2) is 0 Å². The summed E-state index contributed by atoms with van der Waals surface area (Å²) in [5, 5.41) is 1.26. The van der Waals surface area contributed by atoms with E-state index >= 15 is 0 Å². The summed E-state index contributed by atoms with van der Waals surface area (Å²) >= 11 is 0. The first-order valence-electron chi connectivity index (χ1n) is 9.56. The maximum absolute atomic E-state index is 2.36. The summed E-state index contributed by atoms with van der Waals surface area (Å²) in [6.07, 6.45) is 0. The van der Waals surface area contributed by atoms with Crippen molar-refractivity contribution >= 4 is 27.6 Å². The monoisotopic (exact) mass is 358 g/mol. The predicted molar refractivity (Wildman–Crippen MR) is 117 cm³/mol. The molecule has 2 heterocycles. The van der Waals surface area contributed by atoms with Gasteiger partial charge in [-0.3, -0.25) is 8.97 Å². The highest BCUT2D eigenvalue weighted by Gasteiger charge is 2.15. The fourth-order valence-corrected chi connectivity index (χ4v) is 4.25. The molecule has 2 aromatic heterocycles. The van der Waals surface area contributed by atoms with E-state index in [-0.39, 0.29) is 0 Å². The smallest absolute Gasteiger partial charge is 0.123 e. The summed E-state index contributed by atoms with van der Waals surface area (Å²) in [6.45, 7) is 0. The third-order valence-electron chi connectivity index (χ3n) is 5.50. The van der Waals surface area contributed by atoms with Gasteiger partial charge in [0, 0.05) is 11.1 Å². The number of imidazole rings is 1. The highest BCUT2D eigenvalue weighted by atomic mass is 15.1. The molecule has 132 valence electrons. The molecule has 28 heavy (non-hydrogen) atoms. The number of nitrogens with zero attached hydrogens (tertiary/aromatic N) is 2. The van der Waals surface area contributed by atoms with Crippen molar-refractivity contribution in [1.29, 1.82) is 0 Å². The van der Waals surface area contributed by atoms with Crippen molar-refractivity contribution in [1.82, 2.24) is 8.97 Å². The quantitative estimate of drug-likeness (QED) is 0.326. The van der Waals surface area contributed by atoms with Crippen LogP contribution >= 0.6 is 0 Å². The Morgan fingerprint density at radius 3 is 2.00 bits per heavy atom. The molecule has 0 aliphatic heterocycles. The van der Waals surface area contributed by atoms with E-state index < -0.39 is 0 Å². The Bertz CT molecular complexity index is 1450. The van der Waals surface area contributed by atoms with Gasteiger partial charge in [0.2, 0.25) is 0 Å². The van der Waals surface area contributed by atoms with E-state index in [0.29, 0.717) is 0 Å². The van der Waals surface area contributed by atoms with Crippen LogP contribution in [-0.2, 0) is 0 Å². The fourth-order valence-electron chi connectivity index (χ4n) is 4.25. The van der Waals surface area contributed by atoms with Crippen LogP contribution in [0.3, 0.4) is 0 Å². The average Bonchev–Trinajstić information content (AvgIpc) is 3.29. The maximum Gasteiger partial charge on any atom is 0.123 e. The number of benzene rings is 4. The molecule has 6 rings (SSSR count).